The molecule has 0 heterocycles. The predicted octanol–water partition coefficient (Wildman–Crippen LogP) is 0.840. The molecule has 5 nitrogen and oxygen atoms in total. The van der Waals surface area contributed by atoms with Crippen molar-refractivity contribution in [3.05, 3.63) is 35.9 Å². The molecule has 0 saturated carbocycles. The number of hydrogen-bond acceptors (Lipinski definition) is 3. The quantitative estimate of drug-likeness (QED) is 0.738. The van der Waals surface area contributed by atoms with Crippen LogP contribution in [0.3, 0.4) is 0 Å². The molecule has 0 fully saturated rings. The molecule has 0 radical (unpaired) electrons. The van der Waals surface area contributed by atoms with Gasteiger partial charge in [0, 0.05) is 0 Å². The smallest absolute Gasteiger partial charge is 0.333 e. The van der Waals surface area contributed by atoms with E-state index in [0.29, 0.717) is 5.56 Å². The number of amides is 1. The van der Waals surface area contributed by atoms with Crippen molar-refractivity contribution < 1.29 is 14.7 Å². The third-order valence-corrected chi connectivity index (χ3v) is 2.73. The van der Waals surface area contributed by atoms with Crippen LogP contribution in [0.25, 0.3) is 0 Å². The van der Waals surface area contributed by atoms with Crippen molar-refractivity contribution in [2.24, 2.45) is 5.73 Å². The molecule has 1 rings (SSSR count). The molecule has 0 aliphatic heterocycles. The third-order valence-electron chi connectivity index (χ3n) is 2.73. The largest absolute Gasteiger partial charge is 0.479 e. The maximum atomic E-state index is 11.9. The van der Waals surface area contributed by atoms with Gasteiger partial charge in [-0.1, -0.05) is 30.3 Å². The van der Waals surface area contributed by atoms with E-state index in [4.69, 9.17) is 5.73 Å². The zero-order valence-corrected chi connectivity index (χ0v) is 10.7. The average Bonchev–Trinajstić information content (AvgIpc) is 2.28. The van der Waals surface area contributed by atoms with Gasteiger partial charge in [-0.2, -0.15) is 0 Å². The number of benzene rings is 1. The van der Waals surface area contributed by atoms with Gasteiger partial charge in [-0.3, -0.25) is 4.79 Å². The average molecular weight is 250 g/mol. The number of rotatable bonds is 4. The zero-order valence-electron chi connectivity index (χ0n) is 10.7. The number of nitrogens with two attached hydrogens (primary N) is 1. The van der Waals surface area contributed by atoms with E-state index in [1.807, 2.05) is 0 Å². The Morgan fingerprint density at radius 2 is 1.67 bits per heavy atom. The van der Waals surface area contributed by atoms with E-state index >= 15 is 0 Å². The lowest BCUT2D eigenvalue weighted by atomic mass is 9.90. The fraction of sp³-hybridized carbons (Fsp3) is 0.385. The van der Waals surface area contributed by atoms with Crippen molar-refractivity contribution >= 4 is 11.9 Å². The van der Waals surface area contributed by atoms with Crippen LogP contribution in [0.15, 0.2) is 30.3 Å². The van der Waals surface area contributed by atoms with Crippen LogP contribution in [-0.4, -0.2) is 22.5 Å². The van der Waals surface area contributed by atoms with Crippen LogP contribution in [0.4, 0.5) is 0 Å². The first-order chi connectivity index (χ1) is 8.18. The van der Waals surface area contributed by atoms with Gasteiger partial charge in [-0.05, 0) is 26.3 Å². The topological polar surface area (TPSA) is 92.4 Å². The van der Waals surface area contributed by atoms with Gasteiger partial charge in [-0.25, -0.2) is 4.79 Å². The molecule has 18 heavy (non-hydrogen) atoms. The van der Waals surface area contributed by atoms with Gasteiger partial charge in [0.25, 0.3) is 0 Å². The Bertz CT molecular complexity index is 451. The molecule has 0 aromatic heterocycles. The first-order valence-electron chi connectivity index (χ1n) is 5.58. The summed E-state index contributed by atoms with van der Waals surface area (Å²) in [6, 6.07) is 8.52. The van der Waals surface area contributed by atoms with Crippen LogP contribution in [-0.2, 0) is 15.1 Å². The molecule has 1 aromatic rings. The highest BCUT2D eigenvalue weighted by Gasteiger charge is 2.39. The maximum absolute atomic E-state index is 11.9. The lowest BCUT2D eigenvalue weighted by Gasteiger charge is -2.30. The van der Waals surface area contributed by atoms with Crippen molar-refractivity contribution in [3.8, 4) is 0 Å². The number of carboxylic acids is 1. The predicted molar refractivity (Wildman–Crippen MR) is 67.8 cm³/mol. The van der Waals surface area contributed by atoms with E-state index in [0.717, 1.165) is 0 Å². The van der Waals surface area contributed by atoms with E-state index in [2.05, 4.69) is 5.32 Å². The number of carboxylic acid groups (broad SMARTS) is 1. The highest BCUT2D eigenvalue weighted by molar-refractivity contribution is 5.91. The first kappa shape index (κ1) is 14.2. The Balaban J connectivity index is 3.11. The normalized spacial score (nSPS) is 14.7. The second-order valence-corrected chi connectivity index (χ2v) is 4.97. The van der Waals surface area contributed by atoms with E-state index in [1.165, 1.54) is 20.8 Å². The van der Waals surface area contributed by atoms with Crippen LogP contribution in [0, 0.1) is 0 Å². The summed E-state index contributed by atoms with van der Waals surface area (Å²) in [6.07, 6.45) is 0. The molecular formula is C13H18N2O3. The Morgan fingerprint density at radius 3 is 2.06 bits per heavy atom. The van der Waals surface area contributed by atoms with E-state index < -0.39 is 23.0 Å². The zero-order chi connectivity index (χ0) is 14.0. The maximum Gasteiger partial charge on any atom is 0.333 e. The van der Waals surface area contributed by atoms with Gasteiger partial charge in [-0.15, -0.1) is 0 Å². The summed E-state index contributed by atoms with van der Waals surface area (Å²) in [5.74, 6) is -1.65. The molecule has 1 aromatic carbocycles. The highest BCUT2D eigenvalue weighted by Crippen LogP contribution is 2.21. The third kappa shape index (κ3) is 2.87. The highest BCUT2D eigenvalue weighted by atomic mass is 16.4. The van der Waals surface area contributed by atoms with E-state index in [1.54, 1.807) is 30.3 Å². The van der Waals surface area contributed by atoms with Crippen molar-refractivity contribution in [2.45, 2.75) is 31.8 Å². The fourth-order valence-electron chi connectivity index (χ4n) is 1.41. The van der Waals surface area contributed by atoms with Crippen LogP contribution < -0.4 is 11.1 Å². The molecule has 0 spiro atoms. The summed E-state index contributed by atoms with van der Waals surface area (Å²) >= 11 is 0. The van der Waals surface area contributed by atoms with Crippen molar-refractivity contribution in [1.82, 2.24) is 5.32 Å². The number of aliphatic carboxylic acids is 1. The molecule has 0 saturated heterocycles. The van der Waals surface area contributed by atoms with Gasteiger partial charge < -0.3 is 16.2 Å². The summed E-state index contributed by atoms with van der Waals surface area (Å²) in [5, 5.41) is 11.8. The summed E-state index contributed by atoms with van der Waals surface area (Å²) in [7, 11) is 0. The van der Waals surface area contributed by atoms with Crippen molar-refractivity contribution in [3.63, 3.8) is 0 Å². The summed E-state index contributed by atoms with van der Waals surface area (Å²) in [6.45, 7) is 4.49. The molecular weight excluding hydrogens is 232 g/mol. The summed E-state index contributed by atoms with van der Waals surface area (Å²) in [4.78, 5) is 23.3. The number of carbonyl (C=O) groups is 2. The van der Waals surface area contributed by atoms with Crippen LogP contribution >= 0.6 is 0 Å². The minimum Gasteiger partial charge on any atom is -0.479 e. The minimum absolute atomic E-state index is 0.495. The molecule has 0 bridgehead atoms. The lowest BCUT2D eigenvalue weighted by molar-refractivity contribution is -0.148. The number of hydrogen-bond donors (Lipinski definition) is 3. The van der Waals surface area contributed by atoms with Crippen LogP contribution in [0.5, 0.6) is 0 Å². The second kappa shape index (κ2) is 4.78. The SMILES string of the molecule is CC(C)(N)C(=O)NC(C)(C(=O)O)c1ccccc1. The van der Waals surface area contributed by atoms with Crippen molar-refractivity contribution in [1.29, 1.82) is 0 Å². The van der Waals surface area contributed by atoms with Gasteiger partial charge in [0.1, 0.15) is 0 Å². The molecule has 4 N–H and O–H groups in total. The molecule has 98 valence electrons. The minimum atomic E-state index is -1.49. The number of nitrogens with one attached hydrogen (secondary N) is 1. The van der Waals surface area contributed by atoms with Gasteiger partial charge >= 0.3 is 5.97 Å². The molecule has 0 aliphatic rings. The Hall–Kier alpha value is -1.88. The molecule has 1 amide bonds. The van der Waals surface area contributed by atoms with E-state index in [9.17, 15) is 14.7 Å². The number of carbonyl (C=O) groups excluding carboxylic acids is 1. The molecule has 1 atom stereocenters. The van der Waals surface area contributed by atoms with Gasteiger partial charge in [0.2, 0.25) is 5.91 Å². The van der Waals surface area contributed by atoms with Crippen LogP contribution in [0.2, 0.25) is 0 Å². The summed E-state index contributed by atoms with van der Waals surface area (Å²) in [5.41, 5.74) is 3.53. The Morgan fingerprint density at radius 1 is 1.17 bits per heavy atom. The van der Waals surface area contributed by atoms with Crippen LogP contribution in [0.1, 0.15) is 26.3 Å². The molecule has 1 unspecified atom stereocenters. The first-order valence-corrected chi connectivity index (χ1v) is 5.58. The molecule has 5 heteroatoms. The second-order valence-electron chi connectivity index (χ2n) is 4.97. The Labute approximate surface area is 106 Å². The van der Waals surface area contributed by atoms with E-state index in [-0.39, 0.29) is 0 Å². The fourth-order valence-corrected chi connectivity index (χ4v) is 1.41. The van der Waals surface area contributed by atoms with Crippen molar-refractivity contribution in [2.75, 3.05) is 0 Å². The molecule has 0 aliphatic carbocycles. The standard InChI is InChI=1S/C13H18N2O3/c1-12(2,14)10(16)15-13(3,11(17)18)9-7-5-4-6-8-9/h4-8H,14H2,1-3H3,(H,15,16)(H,17,18). The van der Waals surface area contributed by atoms with Gasteiger partial charge in [0.15, 0.2) is 5.54 Å². The summed E-state index contributed by atoms with van der Waals surface area (Å²) < 4.78 is 0. The van der Waals surface area contributed by atoms with Gasteiger partial charge in [0.05, 0.1) is 5.54 Å². The lowest BCUT2D eigenvalue weighted by Crippen LogP contribution is -2.58. The monoisotopic (exact) mass is 250 g/mol. The Kier molecular flexibility index (Phi) is 3.76.